The van der Waals surface area contributed by atoms with Crippen LogP contribution in [-0.2, 0) is 14.1 Å². The molecule has 0 radical (unpaired) electrons. The number of rotatable bonds is 17. The zero-order valence-corrected chi connectivity index (χ0v) is 26.8. The molecule has 0 unspecified atom stereocenters. The van der Waals surface area contributed by atoms with Gasteiger partial charge in [-0.2, -0.15) is 0 Å². The molecule has 0 fully saturated rings. The Kier molecular flexibility index (Phi) is 12.1. The van der Waals surface area contributed by atoms with Crippen LogP contribution in [0.25, 0.3) is 10.8 Å². The number of hydrogen-bond donors (Lipinski definition) is 0. The van der Waals surface area contributed by atoms with Gasteiger partial charge in [0, 0.05) is 0 Å². The fourth-order valence-corrected chi connectivity index (χ4v) is 15.1. The van der Waals surface area contributed by atoms with Crippen LogP contribution in [0.1, 0.15) is 130 Å². The first-order valence-corrected chi connectivity index (χ1v) is 19.3. The van der Waals surface area contributed by atoms with Crippen LogP contribution < -0.4 is 0 Å². The van der Waals surface area contributed by atoms with Crippen molar-refractivity contribution in [3.8, 4) is 0 Å². The summed E-state index contributed by atoms with van der Waals surface area (Å²) in [6.07, 6.45) is 12.7. The average molecular weight is 551 g/mol. The molecule has 37 heavy (non-hydrogen) atoms. The standard InChI is InChI=1S/C32H55O3PS/c1-9-13-15-19-23-36(11-3,12-4,24-20-16-14-10-2)35-37(33,34)32-29-22-18-17-21-28(29)25-30(26(5)6)31(32)27(7)8/h17-18,21-22,25-27H,9-16,19-20,23-24H2,1-8H3. The van der Waals surface area contributed by atoms with Crippen LogP contribution in [0, 0.1) is 0 Å². The predicted octanol–water partition coefficient (Wildman–Crippen LogP) is 10.5. The molecule has 3 nitrogen and oxygen atoms in total. The van der Waals surface area contributed by atoms with Crippen molar-refractivity contribution in [2.75, 3.05) is 24.6 Å². The Morgan fingerprint density at radius 2 is 1.30 bits per heavy atom. The van der Waals surface area contributed by atoms with Gasteiger partial charge in [0.15, 0.2) is 0 Å². The van der Waals surface area contributed by atoms with E-state index >= 15 is 0 Å². The molecule has 5 heteroatoms. The van der Waals surface area contributed by atoms with E-state index in [2.05, 4.69) is 61.5 Å². The molecule has 0 aliphatic carbocycles. The number of hydrogen-bond acceptors (Lipinski definition) is 3. The van der Waals surface area contributed by atoms with Crippen LogP contribution in [0.4, 0.5) is 0 Å². The van der Waals surface area contributed by atoms with Crippen molar-refractivity contribution >= 4 is 27.7 Å². The van der Waals surface area contributed by atoms with E-state index in [4.69, 9.17) is 3.97 Å². The topological polar surface area (TPSA) is 43.4 Å². The second kappa shape index (κ2) is 13.9. The molecule has 0 aliphatic rings. The molecule has 0 saturated carbocycles. The monoisotopic (exact) mass is 550 g/mol. The summed E-state index contributed by atoms with van der Waals surface area (Å²) >= 11 is 0. The molecular weight excluding hydrogens is 495 g/mol. The maximum absolute atomic E-state index is 14.7. The van der Waals surface area contributed by atoms with Gasteiger partial charge in [0.2, 0.25) is 0 Å². The molecule has 212 valence electrons. The van der Waals surface area contributed by atoms with E-state index < -0.39 is 16.9 Å². The summed E-state index contributed by atoms with van der Waals surface area (Å²) < 4.78 is 36.2. The van der Waals surface area contributed by atoms with Gasteiger partial charge in [-0.15, -0.1) is 0 Å². The van der Waals surface area contributed by atoms with E-state index in [-0.39, 0.29) is 11.8 Å². The Hall–Kier alpha value is -0.960. The van der Waals surface area contributed by atoms with E-state index in [0.717, 1.165) is 72.2 Å². The van der Waals surface area contributed by atoms with Crippen molar-refractivity contribution in [1.29, 1.82) is 0 Å². The summed E-state index contributed by atoms with van der Waals surface area (Å²) in [6, 6.07) is 10.2. The van der Waals surface area contributed by atoms with Gasteiger partial charge in [0.25, 0.3) is 0 Å². The molecule has 2 rings (SSSR count). The molecule has 0 atom stereocenters. The minimum atomic E-state index is -3.99. The Bertz CT molecular complexity index is 1080. The van der Waals surface area contributed by atoms with Crippen LogP contribution in [0.5, 0.6) is 0 Å². The van der Waals surface area contributed by atoms with Gasteiger partial charge in [-0.1, -0.05) is 0 Å². The van der Waals surface area contributed by atoms with E-state index in [9.17, 15) is 8.42 Å². The van der Waals surface area contributed by atoms with E-state index in [1.807, 2.05) is 24.3 Å². The van der Waals surface area contributed by atoms with Crippen LogP contribution in [0.3, 0.4) is 0 Å². The Balaban J connectivity index is 2.76. The Morgan fingerprint density at radius 1 is 0.757 bits per heavy atom. The molecular formula is C32H55O3PS. The molecule has 0 amide bonds. The summed E-state index contributed by atoms with van der Waals surface area (Å²) in [5.41, 5.74) is 2.06. The first kappa shape index (κ1) is 32.3. The predicted molar refractivity (Wildman–Crippen MR) is 166 cm³/mol. The molecule has 0 aromatic heterocycles. The van der Waals surface area contributed by atoms with Gasteiger partial charge in [-0.25, -0.2) is 0 Å². The van der Waals surface area contributed by atoms with Crippen LogP contribution in [0.15, 0.2) is 35.2 Å². The van der Waals surface area contributed by atoms with Gasteiger partial charge in [0.1, 0.15) is 0 Å². The second-order valence-electron chi connectivity index (χ2n) is 11.8. The summed E-state index contributed by atoms with van der Waals surface area (Å²) in [5, 5.41) is 1.79. The van der Waals surface area contributed by atoms with Crippen LogP contribution >= 0.6 is 6.83 Å². The SMILES string of the molecule is CCCCCCP(CC)(CC)(CCCCCC)OS(=O)(=O)c1c(C(C)C)c(C(C)C)cc2ccccc12. The van der Waals surface area contributed by atoms with Gasteiger partial charge >= 0.3 is 230 Å². The van der Waals surface area contributed by atoms with Crippen LogP contribution in [0.2, 0.25) is 0 Å². The molecule has 2 aromatic carbocycles. The van der Waals surface area contributed by atoms with Crippen molar-refractivity contribution in [2.45, 2.75) is 123 Å². The molecule has 0 aliphatic heterocycles. The molecule has 2 aromatic rings. The van der Waals surface area contributed by atoms with Gasteiger partial charge in [0.05, 0.1) is 0 Å². The quantitative estimate of drug-likeness (QED) is 0.145. The van der Waals surface area contributed by atoms with Crippen molar-refractivity contribution in [1.82, 2.24) is 0 Å². The molecule has 0 saturated heterocycles. The molecule has 0 bridgehead atoms. The fourth-order valence-electron chi connectivity index (χ4n) is 6.03. The van der Waals surface area contributed by atoms with Crippen molar-refractivity contribution in [3.05, 3.63) is 41.5 Å². The number of benzene rings is 2. The molecule has 0 spiro atoms. The molecule has 0 N–H and O–H groups in total. The summed E-state index contributed by atoms with van der Waals surface area (Å²) in [5.74, 6) is 0.311. The second-order valence-corrected chi connectivity index (χ2v) is 19.6. The summed E-state index contributed by atoms with van der Waals surface area (Å²) in [6.45, 7) is 14.4. The third-order valence-electron chi connectivity index (χ3n) is 8.58. The zero-order valence-electron chi connectivity index (χ0n) is 25.1. The van der Waals surface area contributed by atoms with Crippen molar-refractivity contribution < 1.29 is 12.4 Å². The van der Waals surface area contributed by atoms with Gasteiger partial charge in [-0.3, -0.25) is 0 Å². The van der Waals surface area contributed by atoms with E-state index in [0.29, 0.717) is 4.90 Å². The van der Waals surface area contributed by atoms with Gasteiger partial charge < -0.3 is 0 Å². The van der Waals surface area contributed by atoms with Crippen molar-refractivity contribution in [2.24, 2.45) is 0 Å². The summed E-state index contributed by atoms with van der Waals surface area (Å²) in [4.78, 5) is 0.433. The third kappa shape index (κ3) is 7.58. The Morgan fingerprint density at radius 3 is 1.76 bits per heavy atom. The Labute approximate surface area is 229 Å². The average Bonchev–Trinajstić information content (AvgIpc) is 2.87. The van der Waals surface area contributed by atoms with Crippen LogP contribution in [-0.4, -0.2) is 33.1 Å². The third-order valence-corrected chi connectivity index (χ3v) is 18.1. The normalized spacial score (nSPS) is 13.9. The van der Waals surface area contributed by atoms with E-state index in [1.54, 1.807) is 0 Å². The fraction of sp³-hybridized carbons (Fsp3) is 0.688. The first-order valence-electron chi connectivity index (χ1n) is 15.0. The number of fused-ring (bicyclic) bond motifs is 1. The number of unbranched alkanes of at least 4 members (excludes halogenated alkanes) is 6. The first-order chi connectivity index (χ1) is 17.5. The zero-order chi connectivity index (χ0) is 27.7. The summed E-state index contributed by atoms with van der Waals surface area (Å²) in [7, 11) is -3.99. The molecule has 0 heterocycles. The minimum absolute atomic E-state index is 0.0822. The van der Waals surface area contributed by atoms with Crippen molar-refractivity contribution in [3.63, 3.8) is 0 Å². The van der Waals surface area contributed by atoms with E-state index in [1.165, 1.54) is 25.7 Å². The maximum atomic E-state index is 14.7. The van der Waals surface area contributed by atoms with Gasteiger partial charge in [-0.05, 0) is 0 Å².